The predicted octanol–water partition coefficient (Wildman–Crippen LogP) is 2.87. The topological polar surface area (TPSA) is 75.3 Å². The number of hydrogen-bond acceptors (Lipinski definition) is 3. The van der Waals surface area contributed by atoms with E-state index >= 15 is 0 Å². The molecule has 0 saturated carbocycles. The number of fused-ring (bicyclic) bond motifs is 1. The molecule has 1 atom stereocenters. The van der Waals surface area contributed by atoms with E-state index in [4.69, 9.17) is 11.6 Å². The van der Waals surface area contributed by atoms with Crippen molar-refractivity contribution in [1.82, 2.24) is 9.55 Å². The largest absolute Gasteiger partial charge is 0.478 e. The van der Waals surface area contributed by atoms with Crippen molar-refractivity contribution in [3.05, 3.63) is 40.6 Å². The number of nitrogens with zero attached hydrogens (tertiary/aromatic N) is 2. The molecular formula is C14H12ClFN2O3. The van der Waals surface area contributed by atoms with Crippen molar-refractivity contribution in [1.29, 1.82) is 0 Å². The van der Waals surface area contributed by atoms with Gasteiger partial charge in [-0.15, -0.1) is 0 Å². The van der Waals surface area contributed by atoms with Crippen LogP contribution in [0.5, 0.6) is 0 Å². The van der Waals surface area contributed by atoms with Gasteiger partial charge in [0.2, 0.25) is 5.95 Å². The third kappa shape index (κ3) is 2.11. The Hall–Kier alpha value is -1.92. The number of pyridine rings is 1. The summed E-state index contributed by atoms with van der Waals surface area (Å²) in [6, 6.07) is 3.04. The van der Waals surface area contributed by atoms with E-state index in [2.05, 4.69) is 4.98 Å². The zero-order valence-corrected chi connectivity index (χ0v) is 11.6. The van der Waals surface area contributed by atoms with Crippen molar-refractivity contribution in [3.8, 4) is 11.3 Å². The standard InChI is InChI=1S/C14H12ClFN2O3/c15-10-9(14(20)21)12-8(19)4-2-6-18(12)11(10)7-3-1-5-17-13(7)16/h1,3,5,8,19H,2,4,6H2,(H,20,21). The van der Waals surface area contributed by atoms with Gasteiger partial charge < -0.3 is 14.8 Å². The smallest absolute Gasteiger partial charge is 0.339 e. The maximum Gasteiger partial charge on any atom is 0.339 e. The molecule has 0 spiro atoms. The number of aromatic nitrogens is 2. The van der Waals surface area contributed by atoms with Crippen LogP contribution >= 0.6 is 11.6 Å². The Morgan fingerprint density at radius 3 is 2.95 bits per heavy atom. The van der Waals surface area contributed by atoms with Gasteiger partial charge in [-0.3, -0.25) is 0 Å². The monoisotopic (exact) mass is 310 g/mol. The van der Waals surface area contributed by atoms with Gasteiger partial charge >= 0.3 is 5.97 Å². The van der Waals surface area contributed by atoms with Crippen molar-refractivity contribution in [2.24, 2.45) is 0 Å². The Balaban J connectivity index is 2.34. The first-order valence-electron chi connectivity index (χ1n) is 6.46. The van der Waals surface area contributed by atoms with Crippen molar-refractivity contribution < 1.29 is 19.4 Å². The zero-order valence-electron chi connectivity index (χ0n) is 10.9. The Bertz CT molecular complexity index is 729. The lowest BCUT2D eigenvalue weighted by Crippen LogP contribution is -2.18. The van der Waals surface area contributed by atoms with E-state index in [-0.39, 0.29) is 27.5 Å². The van der Waals surface area contributed by atoms with Gasteiger partial charge in [0, 0.05) is 12.7 Å². The molecule has 21 heavy (non-hydrogen) atoms. The van der Waals surface area contributed by atoms with Crippen LogP contribution in [0, 0.1) is 5.95 Å². The molecule has 1 unspecified atom stereocenters. The zero-order chi connectivity index (χ0) is 15.1. The number of rotatable bonds is 2. The van der Waals surface area contributed by atoms with Gasteiger partial charge in [-0.2, -0.15) is 4.39 Å². The van der Waals surface area contributed by atoms with Gasteiger partial charge in [-0.25, -0.2) is 9.78 Å². The highest BCUT2D eigenvalue weighted by Gasteiger charge is 2.33. The number of aliphatic hydroxyl groups excluding tert-OH is 1. The first-order valence-corrected chi connectivity index (χ1v) is 6.84. The summed E-state index contributed by atoms with van der Waals surface area (Å²) >= 11 is 6.18. The number of carboxylic acid groups (broad SMARTS) is 1. The van der Waals surface area contributed by atoms with Crippen LogP contribution in [0.2, 0.25) is 5.02 Å². The van der Waals surface area contributed by atoms with Crippen LogP contribution in [-0.4, -0.2) is 25.7 Å². The van der Waals surface area contributed by atoms with E-state index in [1.54, 1.807) is 10.6 Å². The quantitative estimate of drug-likeness (QED) is 0.836. The number of aliphatic hydroxyl groups is 1. The van der Waals surface area contributed by atoms with E-state index in [1.165, 1.54) is 12.3 Å². The summed E-state index contributed by atoms with van der Waals surface area (Å²) in [4.78, 5) is 15.0. The van der Waals surface area contributed by atoms with Gasteiger partial charge in [0.1, 0.15) is 5.56 Å². The number of carboxylic acids is 1. The second-order valence-electron chi connectivity index (χ2n) is 4.88. The second kappa shape index (κ2) is 5.13. The maximum atomic E-state index is 13.9. The Kier molecular flexibility index (Phi) is 3.43. The average molecular weight is 311 g/mol. The molecule has 3 heterocycles. The molecule has 7 heteroatoms. The van der Waals surface area contributed by atoms with Crippen LogP contribution < -0.4 is 0 Å². The molecule has 0 aromatic carbocycles. The third-order valence-corrected chi connectivity index (χ3v) is 4.02. The average Bonchev–Trinajstić information content (AvgIpc) is 2.73. The Morgan fingerprint density at radius 2 is 2.29 bits per heavy atom. The van der Waals surface area contributed by atoms with E-state index in [1.807, 2.05) is 0 Å². The van der Waals surface area contributed by atoms with E-state index in [9.17, 15) is 19.4 Å². The SMILES string of the molecule is O=C(O)c1c(Cl)c(-c2cccnc2F)n2c1C(O)CCC2. The van der Waals surface area contributed by atoms with E-state index in [0.29, 0.717) is 19.4 Å². The lowest BCUT2D eigenvalue weighted by Gasteiger charge is -2.23. The lowest BCUT2D eigenvalue weighted by molar-refractivity contribution is 0.0683. The van der Waals surface area contributed by atoms with Crippen molar-refractivity contribution in [3.63, 3.8) is 0 Å². The van der Waals surface area contributed by atoms with E-state index in [0.717, 1.165) is 0 Å². The molecule has 1 aliphatic heterocycles. The minimum atomic E-state index is -1.24. The molecule has 5 nitrogen and oxygen atoms in total. The fraction of sp³-hybridized carbons (Fsp3) is 0.286. The highest BCUT2D eigenvalue weighted by atomic mass is 35.5. The molecule has 2 aromatic rings. The first-order chi connectivity index (χ1) is 10.0. The summed E-state index contributed by atoms with van der Waals surface area (Å²) in [5.41, 5.74) is 0.456. The molecule has 0 aliphatic carbocycles. The molecular weight excluding hydrogens is 299 g/mol. The van der Waals surface area contributed by atoms with E-state index < -0.39 is 18.0 Å². The number of aromatic carboxylic acids is 1. The van der Waals surface area contributed by atoms with Gasteiger partial charge in [0.25, 0.3) is 0 Å². The summed E-state index contributed by atoms with van der Waals surface area (Å²) in [5.74, 6) is -1.96. The van der Waals surface area contributed by atoms with Gasteiger partial charge in [0.15, 0.2) is 0 Å². The third-order valence-electron chi connectivity index (χ3n) is 3.65. The molecule has 0 saturated heterocycles. The lowest BCUT2D eigenvalue weighted by atomic mass is 10.0. The Morgan fingerprint density at radius 1 is 1.52 bits per heavy atom. The fourth-order valence-electron chi connectivity index (χ4n) is 2.79. The molecule has 1 aliphatic rings. The highest BCUT2D eigenvalue weighted by molar-refractivity contribution is 6.36. The van der Waals surface area contributed by atoms with Crippen LogP contribution in [-0.2, 0) is 6.54 Å². The Labute approximate surface area is 124 Å². The molecule has 0 bridgehead atoms. The molecule has 0 amide bonds. The summed E-state index contributed by atoms with van der Waals surface area (Å²) in [6.07, 6.45) is 1.50. The van der Waals surface area contributed by atoms with Crippen molar-refractivity contribution in [2.75, 3.05) is 0 Å². The minimum Gasteiger partial charge on any atom is -0.478 e. The minimum absolute atomic E-state index is 0.0645. The number of carbonyl (C=O) groups is 1. The molecule has 2 N–H and O–H groups in total. The summed E-state index contributed by atoms with van der Waals surface area (Å²) in [5, 5.41) is 19.4. The van der Waals surface area contributed by atoms with Crippen molar-refractivity contribution >= 4 is 17.6 Å². The summed E-state index contributed by atoms with van der Waals surface area (Å²) < 4.78 is 15.5. The highest BCUT2D eigenvalue weighted by Crippen LogP contribution is 2.42. The maximum absolute atomic E-state index is 13.9. The molecule has 110 valence electrons. The van der Waals surface area contributed by atoms with Crippen molar-refractivity contribution in [2.45, 2.75) is 25.5 Å². The van der Waals surface area contributed by atoms with Crippen LogP contribution in [0.15, 0.2) is 18.3 Å². The van der Waals surface area contributed by atoms with Gasteiger partial charge in [-0.1, -0.05) is 11.6 Å². The van der Waals surface area contributed by atoms with Gasteiger partial charge in [-0.05, 0) is 25.0 Å². The van der Waals surface area contributed by atoms with Gasteiger partial charge in [0.05, 0.1) is 28.1 Å². The molecule has 0 fully saturated rings. The predicted molar refractivity (Wildman–Crippen MR) is 73.8 cm³/mol. The first kappa shape index (κ1) is 14.0. The fourth-order valence-corrected chi connectivity index (χ4v) is 3.17. The normalized spacial score (nSPS) is 17.6. The summed E-state index contributed by atoms with van der Waals surface area (Å²) in [7, 11) is 0. The van der Waals surface area contributed by atoms with Crippen LogP contribution in [0.3, 0.4) is 0 Å². The molecule has 3 rings (SSSR count). The van der Waals surface area contributed by atoms with Crippen LogP contribution in [0.4, 0.5) is 4.39 Å². The summed E-state index contributed by atoms with van der Waals surface area (Å²) in [6.45, 7) is 0.475. The number of halogens is 2. The second-order valence-corrected chi connectivity index (χ2v) is 5.26. The van der Waals surface area contributed by atoms with Crippen LogP contribution in [0.25, 0.3) is 11.3 Å². The number of hydrogen-bond donors (Lipinski definition) is 2. The van der Waals surface area contributed by atoms with Crippen LogP contribution in [0.1, 0.15) is 35.0 Å². The molecule has 0 radical (unpaired) electrons. The molecule has 2 aromatic heterocycles.